The van der Waals surface area contributed by atoms with Crippen molar-refractivity contribution in [3.63, 3.8) is 0 Å². The molecule has 0 bridgehead atoms. The number of alkyl halides is 3. The van der Waals surface area contributed by atoms with Gasteiger partial charge in [-0.2, -0.15) is 13.2 Å². The number of ether oxygens (including phenoxy) is 1. The molecule has 2 rings (SSSR count). The molecule has 1 aliphatic heterocycles. The van der Waals surface area contributed by atoms with E-state index in [1.54, 1.807) is 0 Å². The number of nitrogens with one attached hydrogen (secondary N) is 1. The zero-order chi connectivity index (χ0) is 17.8. The maximum atomic E-state index is 12.6. The number of benzene rings is 1. The van der Waals surface area contributed by atoms with Crippen LogP contribution in [0.4, 0.5) is 13.2 Å². The number of amides is 1. The van der Waals surface area contributed by atoms with Crippen LogP contribution in [-0.2, 0) is 22.1 Å². The zero-order valence-electron chi connectivity index (χ0n) is 13.5. The third-order valence-corrected chi connectivity index (χ3v) is 4.46. The van der Waals surface area contributed by atoms with Gasteiger partial charge in [0, 0.05) is 6.61 Å². The van der Waals surface area contributed by atoms with Crippen LogP contribution in [0.15, 0.2) is 24.3 Å². The van der Waals surface area contributed by atoms with E-state index in [0.29, 0.717) is 31.4 Å². The molecule has 1 aromatic rings. The van der Waals surface area contributed by atoms with Gasteiger partial charge in [0.05, 0.1) is 30.2 Å². The number of hydrogen-bond acceptors (Lipinski definition) is 3. The van der Waals surface area contributed by atoms with E-state index in [0.717, 1.165) is 12.1 Å². The van der Waals surface area contributed by atoms with Gasteiger partial charge < -0.3 is 15.2 Å². The van der Waals surface area contributed by atoms with Crippen molar-refractivity contribution in [3.8, 4) is 0 Å². The van der Waals surface area contributed by atoms with Gasteiger partial charge in [-0.15, -0.1) is 0 Å². The lowest BCUT2D eigenvalue weighted by Gasteiger charge is -2.28. The Morgan fingerprint density at radius 1 is 1.38 bits per heavy atom. The fourth-order valence-electron chi connectivity index (χ4n) is 2.82. The van der Waals surface area contributed by atoms with Gasteiger partial charge in [-0.05, 0) is 37.0 Å². The second kappa shape index (κ2) is 7.53. The van der Waals surface area contributed by atoms with Gasteiger partial charge in [-0.25, -0.2) is 0 Å². The summed E-state index contributed by atoms with van der Waals surface area (Å²) in [6.07, 6.45) is -2.97. The maximum absolute atomic E-state index is 12.6. The summed E-state index contributed by atoms with van der Waals surface area (Å²) in [5.41, 5.74) is -0.859. The smallest absolute Gasteiger partial charge is 0.394 e. The van der Waals surface area contributed by atoms with E-state index >= 15 is 0 Å². The molecule has 1 aromatic carbocycles. The molecule has 1 fully saturated rings. The number of carbonyl (C=O) groups is 1. The van der Waals surface area contributed by atoms with Crippen molar-refractivity contribution < 1.29 is 27.8 Å². The lowest BCUT2D eigenvalue weighted by Crippen LogP contribution is -2.48. The van der Waals surface area contributed by atoms with Crippen LogP contribution in [0.1, 0.15) is 30.9 Å². The summed E-state index contributed by atoms with van der Waals surface area (Å²) in [4.78, 5) is 12.6. The Morgan fingerprint density at radius 3 is 2.50 bits per heavy atom. The minimum absolute atomic E-state index is 0.153. The third kappa shape index (κ3) is 4.27. The standard InChI is InChI=1S/C17H22F3NO3/c1-2-14(10-22)21-15(23)16(7-8-24-11-16)9-12-3-5-13(6-4-12)17(18,19)20/h3-6,14,22H,2,7-11H2,1H3,(H,21,23)/t14-,16-/m1/s1. The average Bonchev–Trinajstić information content (AvgIpc) is 3.01. The van der Waals surface area contributed by atoms with Crippen LogP contribution in [0.5, 0.6) is 0 Å². The first-order chi connectivity index (χ1) is 11.3. The van der Waals surface area contributed by atoms with Crippen molar-refractivity contribution in [3.05, 3.63) is 35.4 Å². The average molecular weight is 345 g/mol. The quantitative estimate of drug-likeness (QED) is 0.833. The fraction of sp³-hybridized carbons (Fsp3) is 0.588. The minimum Gasteiger partial charge on any atom is -0.394 e. The maximum Gasteiger partial charge on any atom is 0.416 e. The number of aliphatic hydroxyl groups excluding tert-OH is 1. The molecular weight excluding hydrogens is 323 g/mol. The van der Waals surface area contributed by atoms with Gasteiger partial charge in [0.25, 0.3) is 0 Å². The van der Waals surface area contributed by atoms with Gasteiger partial charge >= 0.3 is 6.18 Å². The molecule has 2 N–H and O–H groups in total. The van der Waals surface area contributed by atoms with Gasteiger partial charge in [0.2, 0.25) is 5.91 Å². The summed E-state index contributed by atoms with van der Waals surface area (Å²) in [6, 6.07) is 4.53. The molecular formula is C17H22F3NO3. The number of aliphatic hydroxyl groups is 1. The SMILES string of the molecule is CC[C@H](CO)NC(=O)[C@@]1(Cc2ccc(C(F)(F)F)cc2)CCOC1. The van der Waals surface area contributed by atoms with E-state index in [-0.39, 0.29) is 25.2 Å². The van der Waals surface area contributed by atoms with Crippen LogP contribution in [0, 0.1) is 5.41 Å². The van der Waals surface area contributed by atoms with E-state index in [1.807, 2.05) is 6.92 Å². The molecule has 0 saturated carbocycles. The highest BCUT2D eigenvalue weighted by molar-refractivity contribution is 5.83. The van der Waals surface area contributed by atoms with Crippen molar-refractivity contribution in [2.75, 3.05) is 19.8 Å². The topological polar surface area (TPSA) is 58.6 Å². The molecule has 1 heterocycles. The predicted octanol–water partition coefficient (Wildman–Crippen LogP) is 2.54. The minimum atomic E-state index is -4.38. The van der Waals surface area contributed by atoms with Crippen LogP contribution >= 0.6 is 0 Å². The Bertz CT molecular complexity index is 547. The monoisotopic (exact) mass is 345 g/mol. The second-order valence-electron chi connectivity index (χ2n) is 6.22. The summed E-state index contributed by atoms with van der Waals surface area (Å²) in [7, 11) is 0. The van der Waals surface area contributed by atoms with E-state index in [2.05, 4.69) is 5.32 Å². The molecule has 0 spiro atoms. The third-order valence-electron chi connectivity index (χ3n) is 4.46. The molecule has 1 aliphatic rings. The lowest BCUT2D eigenvalue weighted by atomic mass is 9.79. The van der Waals surface area contributed by atoms with Crippen molar-refractivity contribution in [2.45, 2.75) is 38.4 Å². The van der Waals surface area contributed by atoms with Crippen LogP contribution in [0.25, 0.3) is 0 Å². The molecule has 0 aromatic heterocycles. The largest absolute Gasteiger partial charge is 0.416 e. The number of halogens is 3. The molecule has 1 saturated heterocycles. The Morgan fingerprint density at radius 2 is 2.04 bits per heavy atom. The molecule has 0 radical (unpaired) electrons. The highest BCUT2D eigenvalue weighted by Gasteiger charge is 2.43. The normalized spacial score (nSPS) is 22.4. The van der Waals surface area contributed by atoms with Gasteiger partial charge in [-0.3, -0.25) is 4.79 Å². The summed E-state index contributed by atoms with van der Waals surface area (Å²) < 4.78 is 43.3. The van der Waals surface area contributed by atoms with Crippen LogP contribution in [0.3, 0.4) is 0 Å². The fourth-order valence-corrected chi connectivity index (χ4v) is 2.82. The predicted molar refractivity (Wildman–Crippen MR) is 82.3 cm³/mol. The molecule has 1 amide bonds. The number of hydrogen-bond donors (Lipinski definition) is 2. The number of rotatable bonds is 6. The van der Waals surface area contributed by atoms with Crippen molar-refractivity contribution in [1.82, 2.24) is 5.32 Å². The van der Waals surface area contributed by atoms with E-state index in [4.69, 9.17) is 4.74 Å². The molecule has 24 heavy (non-hydrogen) atoms. The first kappa shape index (κ1) is 18.7. The molecule has 0 unspecified atom stereocenters. The van der Waals surface area contributed by atoms with E-state index in [1.165, 1.54) is 12.1 Å². The van der Waals surface area contributed by atoms with Crippen LogP contribution in [0.2, 0.25) is 0 Å². The molecule has 7 heteroatoms. The summed E-state index contributed by atoms with van der Waals surface area (Å²) in [5.74, 6) is -0.221. The van der Waals surface area contributed by atoms with Crippen molar-refractivity contribution >= 4 is 5.91 Å². The highest BCUT2D eigenvalue weighted by atomic mass is 19.4. The van der Waals surface area contributed by atoms with Crippen molar-refractivity contribution in [2.24, 2.45) is 5.41 Å². The van der Waals surface area contributed by atoms with Crippen LogP contribution < -0.4 is 5.32 Å². The Kier molecular flexibility index (Phi) is 5.87. The molecule has 0 aliphatic carbocycles. The molecule has 134 valence electrons. The summed E-state index contributed by atoms with van der Waals surface area (Å²) in [5, 5.41) is 12.1. The highest BCUT2D eigenvalue weighted by Crippen LogP contribution is 2.35. The zero-order valence-corrected chi connectivity index (χ0v) is 13.5. The van der Waals surface area contributed by atoms with Crippen molar-refractivity contribution in [1.29, 1.82) is 0 Å². The Labute approximate surface area is 139 Å². The van der Waals surface area contributed by atoms with E-state index in [9.17, 15) is 23.1 Å². The van der Waals surface area contributed by atoms with Gasteiger partial charge in [0.1, 0.15) is 0 Å². The summed E-state index contributed by atoms with van der Waals surface area (Å²) >= 11 is 0. The van der Waals surface area contributed by atoms with Gasteiger partial charge in [-0.1, -0.05) is 19.1 Å². The Balaban J connectivity index is 2.14. The first-order valence-electron chi connectivity index (χ1n) is 7.96. The number of carbonyl (C=O) groups excluding carboxylic acids is 1. The lowest BCUT2D eigenvalue weighted by molar-refractivity contribution is -0.137. The summed E-state index contributed by atoms with van der Waals surface area (Å²) in [6.45, 7) is 2.36. The van der Waals surface area contributed by atoms with Gasteiger partial charge in [0.15, 0.2) is 0 Å². The van der Waals surface area contributed by atoms with Crippen LogP contribution in [-0.4, -0.2) is 36.9 Å². The molecule has 2 atom stereocenters. The molecule has 4 nitrogen and oxygen atoms in total. The second-order valence-corrected chi connectivity index (χ2v) is 6.22. The Hall–Kier alpha value is -1.60. The first-order valence-corrected chi connectivity index (χ1v) is 7.96. The van der Waals surface area contributed by atoms with E-state index < -0.39 is 17.2 Å².